The van der Waals surface area contributed by atoms with Crippen molar-refractivity contribution in [1.29, 1.82) is 0 Å². The Kier molecular flexibility index (Phi) is 10.6. The number of carbonyl (C=O) groups excluding carboxylic acids is 4. The number of nitrogens with one attached hydrogen (secondary N) is 2. The molecule has 56 heavy (non-hydrogen) atoms. The molecule has 1 saturated heterocycles. The number of allylic oxidation sites excluding steroid dienone is 1. The number of aliphatic carboxylic acids is 1. The molecule has 0 aromatic rings. The molecule has 0 aromatic heterocycles. The van der Waals surface area contributed by atoms with Crippen molar-refractivity contribution in [2.75, 3.05) is 13.1 Å². The average molecular weight is 782 g/mol. The summed E-state index contributed by atoms with van der Waals surface area (Å²) in [6, 6.07) is -0.367. The van der Waals surface area contributed by atoms with Gasteiger partial charge in [-0.15, -0.1) is 0 Å². The van der Waals surface area contributed by atoms with E-state index in [0.29, 0.717) is 37.8 Å². The first-order valence-corrected chi connectivity index (χ1v) is 21.5. The van der Waals surface area contributed by atoms with Crippen molar-refractivity contribution in [2.45, 2.75) is 177 Å². The lowest BCUT2D eigenvalue weighted by molar-refractivity contribution is -0.232. The van der Waals surface area contributed by atoms with Crippen LogP contribution in [0.15, 0.2) is 11.1 Å². The van der Waals surface area contributed by atoms with Crippen molar-refractivity contribution in [3.63, 3.8) is 0 Å². The summed E-state index contributed by atoms with van der Waals surface area (Å²) in [6.07, 6.45) is 7.43. The Morgan fingerprint density at radius 3 is 2.18 bits per heavy atom. The van der Waals surface area contributed by atoms with Crippen LogP contribution in [0.4, 0.5) is 9.59 Å². The first-order chi connectivity index (χ1) is 25.7. The second kappa shape index (κ2) is 14.0. The molecule has 6 aliphatic rings. The Morgan fingerprint density at radius 2 is 1.55 bits per heavy atom. The second-order valence-corrected chi connectivity index (χ2v) is 22.0. The van der Waals surface area contributed by atoms with Gasteiger partial charge in [0.15, 0.2) is 5.78 Å². The Hall–Kier alpha value is -3.11. The largest absolute Gasteiger partial charge is 0.481 e. The van der Waals surface area contributed by atoms with Gasteiger partial charge in [-0.1, -0.05) is 48.5 Å². The third kappa shape index (κ3) is 6.96. The van der Waals surface area contributed by atoms with E-state index in [2.05, 4.69) is 59.1 Å². The zero-order chi connectivity index (χ0) is 41.6. The summed E-state index contributed by atoms with van der Waals surface area (Å²) in [5.41, 5.74) is -0.721. The predicted octanol–water partition coefficient (Wildman–Crippen LogP) is 8.44. The molecule has 5 fully saturated rings. The monoisotopic (exact) mass is 782 g/mol. The number of amides is 3. The smallest absolute Gasteiger partial charge is 0.407 e. The number of hydrogen-bond donors (Lipinski definition) is 3. The van der Waals surface area contributed by atoms with Crippen LogP contribution in [0, 0.1) is 50.7 Å². The number of nitrogens with zero attached hydrogens (tertiary/aromatic N) is 1. The van der Waals surface area contributed by atoms with Gasteiger partial charge in [-0.2, -0.15) is 0 Å². The van der Waals surface area contributed by atoms with Crippen molar-refractivity contribution >= 4 is 29.8 Å². The molecule has 5 aliphatic carbocycles. The van der Waals surface area contributed by atoms with Crippen LogP contribution in [-0.4, -0.2) is 76.2 Å². The number of carbonyl (C=O) groups is 5. The first-order valence-electron chi connectivity index (χ1n) is 21.5. The van der Waals surface area contributed by atoms with Crippen molar-refractivity contribution in [1.82, 2.24) is 15.5 Å². The number of fused-ring (bicyclic) bond motifs is 7. The third-order valence-electron chi connectivity index (χ3n) is 16.4. The highest BCUT2D eigenvalue weighted by Gasteiger charge is 2.70. The summed E-state index contributed by atoms with van der Waals surface area (Å²) in [6.45, 7) is 25.8. The van der Waals surface area contributed by atoms with Crippen molar-refractivity contribution in [3.05, 3.63) is 11.1 Å². The predicted molar refractivity (Wildman–Crippen MR) is 214 cm³/mol. The molecule has 6 rings (SSSR count). The van der Waals surface area contributed by atoms with Gasteiger partial charge in [-0.3, -0.25) is 14.4 Å². The molecule has 11 nitrogen and oxygen atoms in total. The second-order valence-electron chi connectivity index (χ2n) is 22.0. The molecular formula is C45H71N3O8. The van der Waals surface area contributed by atoms with Crippen LogP contribution in [0.5, 0.6) is 0 Å². The zero-order valence-electron chi connectivity index (χ0n) is 36.4. The molecule has 11 heteroatoms. The summed E-state index contributed by atoms with van der Waals surface area (Å²) in [7, 11) is 0. The molecule has 0 unspecified atom stereocenters. The number of alkyl carbamates (subject to hydrolysis) is 1. The topological polar surface area (TPSA) is 151 Å². The van der Waals surface area contributed by atoms with E-state index in [1.807, 2.05) is 20.8 Å². The summed E-state index contributed by atoms with van der Waals surface area (Å²) in [4.78, 5) is 67.4. The van der Waals surface area contributed by atoms with Crippen LogP contribution < -0.4 is 10.6 Å². The van der Waals surface area contributed by atoms with E-state index in [1.54, 1.807) is 18.7 Å². The maximum absolute atomic E-state index is 14.2. The van der Waals surface area contributed by atoms with Crippen LogP contribution in [-0.2, 0) is 23.9 Å². The SMILES string of the molecule is CC(C)C1=C2[C@H]3CC[C@@H]4[C@@]5(C)CC[C@H](OC(=O)CC(C)(C)C(=O)O)C(C)(C)[C@@H]5CC[C@@]4(C)[C@]3(C)CC[C@@]2(NC(=O)N2CC[C@@H](NC(=O)OC(C)(C)C)C2)CC1=O. The van der Waals surface area contributed by atoms with Crippen molar-refractivity contribution in [3.8, 4) is 0 Å². The highest BCUT2D eigenvalue weighted by atomic mass is 16.6. The Bertz CT molecular complexity index is 1680. The quantitative estimate of drug-likeness (QED) is 0.218. The molecule has 0 bridgehead atoms. The van der Waals surface area contributed by atoms with Crippen molar-refractivity contribution in [2.24, 2.45) is 50.7 Å². The van der Waals surface area contributed by atoms with E-state index in [4.69, 9.17) is 9.47 Å². The number of urea groups is 1. The summed E-state index contributed by atoms with van der Waals surface area (Å²) >= 11 is 0. The Morgan fingerprint density at radius 1 is 0.875 bits per heavy atom. The normalized spacial score (nSPS) is 37.9. The zero-order valence-corrected chi connectivity index (χ0v) is 36.4. The minimum absolute atomic E-state index is 0.00132. The lowest BCUT2D eigenvalue weighted by atomic mass is 9.33. The van der Waals surface area contributed by atoms with E-state index in [1.165, 1.54) is 5.57 Å². The van der Waals surface area contributed by atoms with Gasteiger partial charge in [0.25, 0.3) is 0 Å². The van der Waals surface area contributed by atoms with Gasteiger partial charge in [-0.05, 0) is 143 Å². The molecule has 9 atom stereocenters. The molecule has 4 saturated carbocycles. The maximum Gasteiger partial charge on any atom is 0.407 e. The summed E-state index contributed by atoms with van der Waals surface area (Å²) in [5.74, 6) is -0.283. The number of Topliss-reactive ketones (excluding diaryl/α,β-unsaturated/α-hetero) is 1. The number of ether oxygens (including phenoxy) is 2. The first kappa shape index (κ1) is 42.5. The van der Waals surface area contributed by atoms with E-state index in [-0.39, 0.29) is 63.9 Å². The highest BCUT2D eigenvalue weighted by molar-refractivity contribution is 6.02. The van der Waals surface area contributed by atoms with Gasteiger partial charge in [0.1, 0.15) is 11.7 Å². The number of hydrogen-bond acceptors (Lipinski definition) is 7. The Labute approximate surface area is 335 Å². The Balaban J connectivity index is 1.23. The summed E-state index contributed by atoms with van der Waals surface area (Å²) < 4.78 is 11.6. The summed E-state index contributed by atoms with van der Waals surface area (Å²) in [5, 5.41) is 16.0. The minimum atomic E-state index is -1.18. The average Bonchev–Trinajstić information content (AvgIpc) is 3.63. The van der Waals surface area contributed by atoms with Gasteiger partial charge in [0.05, 0.1) is 23.4 Å². The van der Waals surface area contributed by atoms with E-state index < -0.39 is 34.6 Å². The van der Waals surface area contributed by atoms with Crippen LogP contribution in [0.1, 0.15) is 154 Å². The van der Waals surface area contributed by atoms with Crippen LogP contribution in [0.2, 0.25) is 0 Å². The van der Waals surface area contributed by atoms with Gasteiger partial charge in [-0.25, -0.2) is 9.59 Å². The lowest BCUT2D eigenvalue weighted by Gasteiger charge is -2.72. The van der Waals surface area contributed by atoms with E-state index >= 15 is 0 Å². The fourth-order valence-electron chi connectivity index (χ4n) is 13.4. The van der Waals surface area contributed by atoms with Gasteiger partial charge < -0.3 is 30.1 Å². The number of likely N-dealkylation sites (tertiary alicyclic amines) is 1. The fraction of sp³-hybridized carbons (Fsp3) is 0.844. The maximum atomic E-state index is 14.2. The molecule has 0 spiro atoms. The van der Waals surface area contributed by atoms with Crippen LogP contribution in [0.3, 0.4) is 0 Å². The number of esters is 1. The number of carboxylic acids is 1. The third-order valence-corrected chi connectivity index (χ3v) is 16.4. The molecular weight excluding hydrogens is 711 g/mol. The van der Waals surface area contributed by atoms with Gasteiger partial charge >= 0.3 is 24.1 Å². The molecule has 1 heterocycles. The standard InChI is InChI=1S/C45H71N3O8/c1-26(2)34-29(49)23-45(47-37(53)48-22-17-27(25-48)46-38(54)56-39(3,4)5)21-20-43(11)28(35(34)45)13-14-31-42(10)18-16-32(55-33(50)24-40(6,7)36(51)52)41(8,9)30(42)15-19-44(31,43)12/h26-28,30-32H,13-25H2,1-12H3,(H,46,54)(H,47,53)(H,51,52)/t27-,28-,30+,31-,32+,42+,43-,44-,45-/m1/s1. The molecule has 314 valence electrons. The van der Waals surface area contributed by atoms with Gasteiger partial charge in [0.2, 0.25) is 0 Å². The van der Waals surface area contributed by atoms with Crippen LogP contribution >= 0.6 is 0 Å². The molecule has 3 N–H and O–H groups in total. The molecule has 0 aromatic carbocycles. The fourth-order valence-corrected chi connectivity index (χ4v) is 13.4. The number of ketones is 1. The number of carboxylic acid groups (broad SMARTS) is 1. The van der Waals surface area contributed by atoms with Gasteiger partial charge in [0, 0.05) is 24.9 Å². The molecule has 3 amide bonds. The van der Waals surface area contributed by atoms with Crippen molar-refractivity contribution < 1.29 is 38.6 Å². The molecule has 1 aliphatic heterocycles. The van der Waals surface area contributed by atoms with Crippen LogP contribution in [0.25, 0.3) is 0 Å². The minimum Gasteiger partial charge on any atom is -0.481 e. The van der Waals surface area contributed by atoms with E-state index in [0.717, 1.165) is 56.9 Å². The highest BCUT2D eigenvalue weighted by Crippen LogP contribution is 2.76. The lowest BCUT2D eigenvalue weighted by Crippen LogP contribution is -2.67. The molecule has 0 radical (unpaired) electrons. The number of rotatable bonds is 7. The van der Waals surface area contributed by atoms with E-state index in [9.17, 15) is 29.1 Å².